The minimum absolute atomic E-state index is 0.0621. The SMILES string of the molecule is Cc1cc(C(=O)N2CCC(c3cc(=O)[nH]c(N(C)C)n3)C2)oc1C. The van der Waals surface area contributed by atoms with E-state index in [2.05, 4.69) is 9.97 Å². The number of likely N-dealkylation sites (tertiary alicyclic amines) is 1. The summed E-state index contributed by atoms with van der Waals surface area (Å²) in [4.78, 5) is 35.1. The lowest BCUT2D eigenvalue weighted by molar-refractivity contribution is 0.0757. The molecule has 0 bridgehead atoms. The van der Waals surface area contributed by atoms with Crippen molar-refractivity contribution in [3.63, 3.8) is 0 Å². The average molecular weight is 330 g/mol. The number of nitrogens with one attached hydrogen (secondary N) is 1. The topological polar surface area (TPSA) is 82.4 Å². The Hall–Kier alpha value is -2.57. The highest BCUT2D eigenvalue weighted by molar-refractivity contribution is 5.92. The fraction of sp³-hybridized carbons (Fsp3) is 0.471. The Morgan fingerprint density at radius 1 is 1.38 bits per heavy atom. The third kappa shape index (κ3) is 3.06. The third-order valence-electron chi connectivity index (χ3n) is 4.44. The minimum Gasteiger partial charge on any atom is -0.456 e. The predicted octanol–water partition coefficient (Wildman–Crippen LogP) is 1.68. The molecule has 2 aromatic heterocycles. The molecule has 1 saturated heterocycles. The summed E-state index contributed by atoms with van der Waals surface area (Å²) in [7, 11) is 3.65. The molecular formula is C17H22N4O3. The molecule has 0 aromatic carbocycles. The van der Waals surface area contributed by atoms with Crippen LogP contribution >= 0.6 is 0 Å². The Morgan fingerprint density at radius 3 is 2.75 bits per heavy atom. The Labute approximate surface area is 140 Å². The lowest BCUT2D eigenvalue weighted by Crippen LogP contribution is -2.28. The molecule has 0 aliphatic carbocycles. The van der Waals surface area contributed by atoms with Gasteiger partial charge in [-0.1, -0.05) is 0 Å². The van der Waals surface area contributed by atoms with E-state index in [-0.39, 0.29) is 17.4 Å². The second-order valence-electron chi connectivity index (χ2n) is 6.47. The number of hydrogen-bond acceptors (Lipinski definition) is 5. The van der Waals surface area contributed by atoms with Gasteiger partial charge in [-0.05, 0) is 31.9 Å². The van der Waals surface area contributed by atoms with Crippen molar-refractivity contribution in [2.75, 3.05) is 32.1 Å². The first-order valence-corrected chi connectivity index (χ1v) is 8.00. The van der Waals surface area contributed by atoms with Gasteiger partial charge in [-0.2, -0.15) is 0 Å². The molecule has 3 heterocycles. The molecule has 7 nitrogen and oxygen atoms in total. The van der Waals surface area contributed by atoms with Crippen molar-refractivity contribution in [3.8, 4) is 0 Å². The van der Waals surface area contributed by atoms with Crippen LogP contribution in [0.15, 0.2) is 21.3 Å². The maximum atomic E-state index is 12.6. The highest BCUT2D eigenvalue weighted by Crippen LogP contribution is 2.27. The van der Waals surface area contributed by atoms with Crippen molar-refractivity contribution < 1.29 is 9.21 Å². The van der Waals surface area contributed by atoms with Gasteiger partial charge in [0.05, 0.1) is 5.69 Å². The van der Waals surface area contributed by atoms with Gasteiger partial charge >= 0.3 is 0 Å². The highest BCUT2D eigenvalue weighted by Gasteiger charge is 2.31. The standard InChI is InChI=1S/C17H22N4O3/c1-10-7-14(24-11(10)2)16(23)21-6-5-12(9-21)13-8-15(22)19-17(18-13)20(3)4/h7-8,12H,5-6,9H2,1-4H3,(H,18,19,22). The zero-order valence-corrected chi connectivity index (χ0v) is 14.4. The molecule has 1 atom stereocenters. The van der Waals surface area contributed by atoms with Gasteiger partial charge in [0.25, 0.3) is 11.5 Å². The van der Waals surface area contributed by atoms with E-state index in [9.17, 15) is 9.59 Å². The number of aromatic amines is 1. The molecule has 128 valence electrons. The number of anilines is 1. The van der Waals surface area contributed by atoms with Crippen LogP contribution in [-0.2, 0) is 0 Å². The van der Waals surface area contributed by atoms with Crippen molar-refractivity contribution in [1.82, 2.24) is 14.9 Å². The molecule has 2 aromatic rings. The molecular weight excluding hydrogens is 308 g/mol. The van der Waals surface area contributed by atoms with Gasteiger partial charge in [-0.3, -0.25) is 14.6 Å². The summed E-state index contributed by atoms with van der Waals surface area (Å²) in [6, 6.07) is 3.30. The fourth-order valence-electron chi connectivity index (χ4n) is 2.90. The van der Waals surface area contributed by atoms with Crippen LogP contribution in [0.2, 0.25) is 0 Å². The molecule has 0 saturated carbocycles. The quantitative estimate of drug-likeness (QED) is 0.926. The minimum atomic E-state index is -0.175. The summed E-state index contributed by atoms with van der Waals surface area (Å²) in [5, 5.41) is 0. The molecule has 1 amide bonds. The number of carbonyl (C=O) groups excluding carboxylic acids is 1. The first-order valence-electron chi connectivity index (χ1n) is 8.00. The number of furan rings is 1. The largest absolute Gasteiger partial charge is 0.456 e. The van der Waals surface area contributed by atoms with E-state index in [1.807, 2.05) is 27.9 Å². The molecule has 0 spiro atoms. The predicted molar refractivity (Wildman–Crippen MR) is 90.6 cm³/mol. The Bertz CT molecular complexity index is 802. The zero-order valence-electron chi connectivity index (χ0n) is 14.4. The van der Waals surface area contributed by atoms with Gasteiger partial charge in [0.15, 0.2) is 5.76 Å². The molecule has 24 heavy (non-hydrogen) atoms. The van der Waals surface area contributed by atoms with Crippen LogP contribution in [0.4, 0.5) is 5.95 Å². The van der Waals surface area contributed by atoms with Crippen molar-refractivity contribution in [2.24, 2.45) is 0 Å². The van der Waals surface area contributed by atoms with E-state index < -0.39 is 0 Å². The number of rotatable bonds is 3. The van der Waals surface area contributed by atoms with E-state index in [4.69, 9.17) is 4.42 Å². The molecule has 1 unspecified atom stereocenters. The third-order valence-corrected chi connectivity index (χ3v) is 4.44. The Morgan fingerprint density at radius 2 is 2.12 bits per heavy atom. The summed E-state index contributed by atoms with van der Waals surface area (Å²) >= 11 is 0. The summed E-state index contributed by atoms with van der Waals surface area (Å²) in [6.07, 6.45) is 0.785. The van der Waals surface area contributed by atoms with Crippen molar-refractivity contribution in [3.05, 3.63) is 45.3 Å². The van der Waals surface area contributed by atoms with Crippen LogP contribution in [0.25, 0.3) is 0 Å². The average Bonchev–Trinajstić information content (AvgIpc) is 3.14. The summed E-state index contributed by atoms with van der Waals surface area (Å²) in [5.74, 6) is 1.62. The van der Waals surface area contributed by atoms with Crippen LogP contribution in [0.3, 0.4) is 0 Å². The van der Waals surface area contributed by atoms with E-state index in [1.54, 1.807) is 15.9 Å². The summed E-state index contributed by atoms with van der Waals surface area (Å²) in [6.45, 7) is 4.95. The van der Waals surface area contributed by atoms with Crippen molar-refractivity contribution in [1.29, 1.82) is 0 Å². The van der Waals surface area contributed by atoms with Gasteiger partial charge in [-0.15, -0.1) is 0 Å². The zero-order chi connectivity index (χ0) is 17.4. The van der Waals surface area contributed by atoms with E-state index in [1.165, 1.54) is 6.07 Å². The van der Waals surface area contributed by atoms with Crippen molar-refractivity contribution >= 4 is 11.9 Å². The molecule has 1 N–H and O–H groups in total. The number of hydrogen-bond donors (Lipinski definition) is 1. The second kappa shape index (κ2) is 6.14. The van der Waals surface area contributed by atoms with Gasteiger partial charge in [0, 0.05) is 39.2 Å². The van der Waals surface area contributed by atoms with Crippen LogP contribution < -0.4 is 10.5 Å². The van der Waals surface area contributed by atoms with Gasteiger partial charge in [-0.25, -0.2) is 4.98 Å². The van der Waals surface area contributed by atoms with E-state index in [0.29, 0.717) is 24.8 Å². The van der Waals surface area contributed by atoms with Gasteiger partial charge < -0.3 is 14.2 Å². The smallest absolute Gasteiger partial charge is 0.289 e. The van der Waals surface area contributed by atoms with E-state index >= 15 is 0 Å². The first-order chi connectivity index (χ1) is 11.3. The monoisotopic (exact) mass is 330 g/mol. The second-order valence-corrected chi connectivity index (χ2v) is 6.47. The van der Waals surface area contributed by atoms with Crippen LogP contribution in [0, 0.1) is 13.8 Å². The number of amides is 1. The maximum Gasteiger partial charge on any atom is 0.289 e. The molecule has 1 aliphatic rings. The maximum absolute atomic E-state index is 12.6. The molecule has 0 radical (unpaired) electrons. The molecule has 1 fully saturated rings. The number of nitrogens with zero attached hydrogens (tertiary/aromatic N) is 3. The summed E-state index contributed by atoms with van der Waals surface area (Å²) in [5.41, 5.74) is 1.52. The molecule has 1 aliphatic heterocycles. The Balaban J connectivity index is 1.78. The molecule has 7 heteroatoms. The number of H-pyrrole nitrogens is 1. The lowest BCUT2D eigenvalue weighted by Gasteiger charge is -2.16. The van der Waals surface area contributed by atoms with Crippen LogP contribution in [0.1, 0.15) is 39.9 Å². The van der Waals surface area contributed by atoms with Crippen molar-refractivity contribution in [2.45, 2.75) is 26.2 Å². The first kappa shape index (κ1) is 16.3. The normalized spacial score (nSPS) is 17.3. The number of carbonyl (C=O) groups is 1. The van der Waals surface area contributed by atoms with Gasteiger partial charge in [0.1, 0.15) is 5.76 Å². The van der Waals surface area contributed by atoms with E-state index in [0.717, 1.165) is 23.4 Å². The number of aromatic nitrogens is 2. The number of aryl methyl sites for hydroxylation is 2. The Kier molecular flexibility index (Phi) is 4.17. The lowest BCUT2D eigenvalue weighted by atomic mass is 10.1. The highest BCUT2D eigenvalue weighted by atomic mass is 16.4. The van der Waals surface area contributed by atoms with Crippen LogP contribution in [0.5, 0.6) is 0 Å². The van der Waals surface area contributed by atoms with Gasteiger partial charge in [0.2, 0.25) is 5.95 Å². The molecule has 3 rings (SSSR count). The summed E-state index contributed by atoms with van der Waals surface area (Å²) < 4.78 is 5.53. The van der Waals surface area contributed by atoms with Crippen LogP contribution in [-0.4, -0.2) is 48.0 Å². The fourth-order valence-corrected chi connectivity index (χ4v) is 2.90.